The van der Waals surface area contributed by atoms with Gasteiger partial charge in [-0.1, -0.05) is 61.9 Å². The molecular formula is C22H23N2O+. The van der Waals surface area contributed by atoms with Crippen LogP contribution in [-0.2, 0) is 17.8 Å². The largest absolute Gasteiger partial charge is 0.320 e. The standard InChI is InChI=1S/C22H22N2O/c1-2-8-18-13-15-24(16-14-18)17-22(25)23-21-12-7-6-11-20(21)19-9-4-3-5-10-19/h3-7,9-16H,2,8,17H2,1H3/p+1. The molecular weight excluding hydrogens is 308 g/mol. The number of benzene rings is 2. The Hall–Kier alpha value is -2.94. The molecule has 3 aromatic rings. The average molecular weight is 331 g/mol. The van der Waals surface area contributed by atoms with Crippen LogP contribution in [0.3, 0.4) is 0 Å². The van der Waals surface area contributed by atoms with Crippen LogP contribution in [0.4, 0.5) is 5.69 Å². The molecule has 0 saturated carbocycles. The van der Waals surface area contributed by atoms with Gasteiger partial charge in [0.15, 0.2) is 12.4 Å². The summed E-state index contributed by atoms with van der Waals surface area (Å²) < 4.78 is 1.90. The minimum absolute atomic E-state index is 0.0309. The molecule has 0 spiro atoms. The number of aryl methyl sites for hydroxylation is 1. The van der Waals surface area contributed by atoms with Gasteiger partial charge in [0.2, 0.25) is 6.54 Å². The van der Waals surface area contributed by atoms with Crippen molar-refractivity contribution in [3.8, 4) is 11.1 Å². The van der Waals surface area contributed by atoms with Crippen molar-refractivity contribution in [3.05, 3.63) is 84.7 Å². The summed E-state index contributed by atoms with van der Waals surface area (Å²) in [4.78, 5) is 12.4. The molecule has 1 heterocycles. The maximum atomic E-state index is 12.4. The Morgan fingerprint density at radius 1 is 0.920 bits per heavy atom. The fourth-order valence-corrected chi connectivity index (χ4v) is 2.87. The van der Waals surface area contributed by atoms with Gasteiger partial charge in [0.1, 0.15) is 0 Å². The zero-order valence-electron chi connectivity index (χ0n) is 14.5. The zero-order valence-corrected chi connectivity index (χ0v) is 14.5. The summed E-state index contributed by atoms with van der Waals surface area (Å²) >= 11 is 0. The topological polar surface area (TPSA) is 33.0 Å². The van der Waals surface area contributed by atoms with Crippen LogP contribution < -0.4 is 9.88 Å². The van der Waals surface area contributed by atoms with Crippen LogP contribution in [0, 0.1) is 0 Å². The van der Waals surface area contributed by atoms with Gasteiger partial charge in [0, 0.05) is 23.4 Å². The molecule has 0 aliphatic heterocycles. The molecule has 3 nitrogen and oxygen atoms in total. The summed E-state index contributed by atoms with van der Waals surface area (Å²) in [6, 6.07) is 22.1. The van der Waals surface area contributed by atoms with E-state index in [0.29, 0.717) is 6.54 Å². The molecule has 3 heteroatoms. The Balaban J connectivity index is 1.71. The molecule has 1 aromatic heterocycles. The smallest absolute Gasteiger partial charge is 0.290 e. The summed E-state index contributed by atoms with van der Waals surface area (Å²) in [5, 5.41) is 3.04. The summed E-state index contributed by atoms with van der Waals surface area (Å²) in [5.74, 6) is -0.0309. The maximum Gasteiger partial charge on any atom is 0.290 e. The van der Waals surface area contributed by atoms with Crippen LogP contribution in [0.1, 0.15) is 18.9 Å². The quantitative estimate of drug-likeness (QED) is 0.674. The molecule has 0 unspecified atom stereocenters. The normalized spacial score (nSPS) is 10.4. The van der Waals surface area contributed by atoms with Crippen molar-refractivity contribution in [1.82, 2.24) is 0 Å². The Labute approximate surface area is 149 Å². The van der Waals surface area contributed by atoms with E-state index in [2.05, 4.69) is 24.4 Å². The Bertz CT molecular complexity index is 826. The molecule has 0 saturated heterocycles. The Kier molecular flexibility index (Phi) is 5.57. The highest BCUT2D eigenvalue weighted by Gasteiger charge is 2.12. The van der Waals surface area contributed by atoms with Crippen LogP contribution in [0.15, 0.2) is 79.1 Å². The summed E-state index contributed by atoms with van der Waals surface area (Å²) in [7, 11) is 0. The number of carbonyl (C=O) groups is 1. The van der Waals surface area contributed by atoms with Crippen molar-refractivity contribution in [2.45, 2.75) is 26.3 Å². The zero-order chi connectivity index (χ0) is 17.5. The van der Waals surface area contributed by atoms with Gasteiger partial charge in [-0.25, -0.2) is 0 Å². The Morgan fingerprint density at radius 2 is 1.60 bits per heavy atom. The number of pyridine rings is 1. The fraction of sp³-hybridized carbons (Fsp3) is 0.182. The molecule has 0 aliphatic rings. The molecule has 0 aliphatic carbocycles. The third kappa shape index (κ3) is 4.54. The van der Waals surface area contributed by atoms with Crippen LogP contribution in [0.5, 0.6) is 0 Å². The number of amides is 1. The first-order valence-corrected chi connectivity index (χ1v) is 8.68. The number of nitrogens with zero attached hydrogens (tertiary/aromatic N) is 1. The third-order valence-electron chi connectivity index (χ3n) is 4.11. The lowest BCUT2D eigenvalue weighted by atomic mass is 10.0. The van der Waals surface area contributed by atoms with Crippen molar-refractivity contribution in [3.63, 3.8) is 0 Å². The first-order valence-electron chi connectivity index (χ1n) is 8.68. The molecule has 0 radical (unpaired) electrons. The second kappa shape index (κ2) is 8.25. The van der Waals surface area contributed by atoms with Gasteiger partial charge in [-0.05, 0) is 23.6 Å². The van der Waals surface area contributed by atoms with Gasteiger partial charge >= 0.3 is 0 Å². The molecule has 2 aromatic carbocycles. The number of hydrogen-bond donors (Lipinski definition) is 1. The number of aromatic nitrogens is 1. The molecule has 126 valence electrons. The van der Waals surface area contributed by atoms with Crippen molar-refractivity contribution in [2.75, 3.05) is 5.32 Å². The third-order valence-corrected chi connectivity index (χ3v) is 4.11. The van der Waals surface area contributed by atoms with E-state index in [9.17, 15) is 4.79 Å². The van der Waals surface area contributed by atoms with E-state index in [-0.39, 0.29) is 5.91 Å². The minimum Gasteiger partial charge on any atom is -0.320 e. The molecule has 0 atom stereocenters. The molecule has 3 rings (SSSR count). The Morgan fingerprint density at radius 3 is 2.32 bits per heavy atom. The number of carbonyl (C=O) groups excluding carboxylic acids is 1. The second-order valence-electron chi connectivity index (χ2n) is 6.09. The van der Waals surface area contributed by atoms with Gasteiger partial charge in [0.05, 0.1) is 0 Å². The lowest BCUT2D eigenvalue weighted by Gasteiger charge is -2.10. The van der Waals surface area contributed by atoms with Crippen LogP contribution >= 0.6 is 0 Å². The van der Waals surface area contributed by atoms with E-state index in [1.807, 2.05) is 71.6 Å². The van der Waals surface area contributed by atoms with Crippen molar-refractivity contribution >= 4 is 11.6 Å². The SMILES string of the molecule is CCCc1cc[n+](CC(=O)Nc2ccccc2-c2ccccc2)cc1. The highest BCUT2D eigenvalue weighted by Crippen LogP contribution is 2.27. The minimum atomic E-state index is -0.0309. The highest BCUT2D eigenvalue weighted by atomic mass is 16.1. The van der Waals surface area contributed by atoms with Gasteiger partial charge in [0.25, 0.3) is 5.91 Å². The predicted octanol–water partition coefficient (Wildman–Crippen LogP) is 4.23. The molecule has 1 N–H and O–H groups in total. The summed E-state index contributed by atoms with van der Waals surface area (Å²) in [6.07, 6.45) is 6.12. The predicted molar refractivity (Wildman–Crippen MR) is 101 cm³/mol. The first kappa shape index (κ1) is 16.9. The van der Waals surface area contributed by atoms with E-state index in [4.69, 9.17) is 0 Å². The number of anilines is 1. The number of hydrogen-bond acceptors (Lipinski definition) is 1. The lowest BCUT2D eigenvalue weighted by Crippen LogP contribution is -2.39. The fourth-order valence-electron chi connectivity index (χ4n) is 2.87. The van der Waals surface area contributed by atoms with Crippen molar-refractivity contribution in [1.29, 1.82) is 0 Å². The molecule has 0 bridgehead atoms. The van der Waals surface area contributed by atoms with Crippen LogP contribution in [-0.4, -0.2) is 5.91 Å². The lowest BCUT2D eigenvalue weighted by molar-refractivity contribution is -0.684. The van der Waals surface area contributed by atoms with Gasteiger partial charge in [-0.3, -0.25) is 4.79 Å². The number of para-hydroxylation sites is 1. The van der Waals surface area contributed by atoms with E-state index in [1.165, 1.54) is 5.56 Å². The van der Waals surface area contributed by atoms with Gasteiger partial charge in [-0.2, -0.15) is 4.57 Å². The average Bonchev–Trinajstić information content (AvgIpc) is 2.65. The molecule has 1 amide bonds. The van der Waals surface area contributed by atoms with E-state index >= 15 is 0 Å². The van der Waals surface area contributed by atoms with Crippen molar-refractivity contribution in [2.24, 2.45) is 0 Å². The van der Waals surface area contributed by atoms with Gasteiger partial charge < -0.3 is 5.32 Å². The van der Waals surface area contributed by atoms with E-state index in [1.54, 1.807) is 0 Å². The summed E-state index contributed by atoms with van der Waals surface area (Å²) in [5.41, 5.74) is 4.25. The first-order chi connectivity index (χ1) is 12.3. The van der Waals surface area contributed by atoms with E-state index < -0.39 is 0 Å². The number of nitrogens with one attached hydrogen (secondary N) is 1. The van der Waals surface area contributed by atoms with Crippen molar-refractivity contribution < 1.29 is 9.36 Å². The molecule has 25 heavy (non-hydrogen) atoms. The molecule has 0 fully saturated rings. The van der Waals surface area contributed by atoms with Crippen LogP contribution in [0.2, 0.25) is 0 Å². The van der Waals surface area contributed by atoms with Gasteiger partial charge in [-0.15, -0.1) is 0 Å². The maximum absolute atomic E-state index is 12.4. The number of rotatable bonds is 6. The van der Waals surface area contributed by atoms with Crippen LogP contribution in [0.25, 0.3) is 11.1 Å². The highest BCUT2D eigenvalue weighted by molar-refractivity contribution is 5.94. The summed E-state index contributed by atoms with van der Waals surface area (Å²) in [6.45, 7) is 2.47. The second-order valence-corrected chi connectivity index (χ2v) is 6.09. The monoisotopic (exact) mass is 331 g/mol. The van der Waals surface area contributed by atoms with E-state index in [0.717, 1.165) is 29.7 Å².